The van der Waals surface area contributed by atoms with Crippen LogP contribution in [0.3, 0.4) is 0 Å². The van der Waals surface area contributed by atoms with E-state index in [1.54, 1.807) is 0 Å². The fraction of sp³-hybridized carbons (Fsp3) is 0.364. The summed E-state index contributed by atoms with van der Waals surface area (Å²) >= 11 is 0. The van der Waals surface area contributed by atoms with E-state index in [0.29, 0.717) is 18.9 Å². The van der Waals surface area contributed by atoms with Gasteiger partial charge in [-0.05, 0) is 30.5 Å². The van der Waals surface area contributed by atoms with Crippen LogP contribution in [0.5, 0.6) is 5.75 Å². The molecule has 1 saturated carbocycles. The van der Waals surface area contributed by atoms with Crippen molar-refractivity contribution >= 4 is 6.08 Å². The molecule has 0 bridgehead atoms. The normalized spacial score (nSPS) is 17.4. The van der Waals surface area contributed by atoms with E-state index < -0.39 is 23.0 Å². The minimum Gasteiger partial charge on any atom is -0.508 e. The van der Waals surface area contributed by atoms with Crippen LogP contribution in [0.15, 0.2) is 23.2 Å². The number of nitrogens with zero attached hydrogens (tertiary/aromatic N) is 1. The van der Waals surface area contributed by atoms with E-state index in [2.05, 4.69) is 4.99 Å². The number of isocyanates is 1. The van der Waals surface area contributed by atoms with E-state index in [0.717, 1.165) is 12.1 Å². The monoisotopic (exact) mass is 243 g/mol. The number of aromatic hydroxyl groups is 1. The molecular formula is C11H8F3NO2. The molecule has 0 amide bonds. The molecule has 0 radical (unpaired) electrons. The van der Waals surface area contributed by atoms with Crippen molar-refractivity contribution in [2.45, 2.75) is 24.6 Å². The van der Waals surface area contributed by atoms with Crippen molar-refractivity contribution in [1.82, 2.24) is 0 Å². The smallest absolute Gasteiger partial charge is 0.416 e. The number of carbonyl (C=O) groups excluding carboxylic acids is 1. The van der Waals surface area contributed by atoms with Gasteiger partial charge in [-0.1, -0.05) is 6.07 Å². The van der Waals surface area contributed by atoms with Crippen molar-refractivity contribution in [3.63, 3.8) is 0 Å². The lowest BCUT2D eigenvalue weighted by Gasteiger charge is -2.16. The van der Waals surface area contributed by atoms with Gasteiger partial charge in [0.15, 0.2) is 0 Å². The third kappa shape index (κ3) is 2.03. The second-order valence-corrected chi connectivity index (χ2v) is 3.96. The number of benzene rings is 1. The Balaban J connectivity index is 2.59. The van der Waals surface area contributed by atoms with Crippen molar-refractivity contribution in [3.8, 4) is 5.75 Å². The van der Waals surface area contributed by atoms with Crippen LogP contribution >= 0.6 is 0 Å². The maximum Gasteiger partial charge on any atom is 0.416 e. The first-order chi connectivity index (χ1) is 7.89. The number of phenols is 1. The summed E-state index contributed by atoms with van der Waals surface area (Å²) in [6.07, 6.45) is -2.50. The Bertz CT molecular complexity index is 500. The predicted molar refractivity (Wildman–Crippen MR) is 52.1 cm³/mol. The highest BCUT2D eigenvalue weighted by molar-refractivity contribution is 5.47. The molecule has 1 fully saturated rings. The molecule has 0 spiro atoms. The van der Waals surface area contributed by atoms with Crippen LogP contribution in [0, 0.1) is 0 Å². The average molecular weight is 243 g/mol. The van der Waals surface area contributed by atoms with E-state index in [1.165, 1.54) is 6.08 Å². The zero-order valence-electron chi connectivity index (χ0n) is 8.58. The quantitative estimate of drug-likeness (QED) is 0.641. The van der Waals surface area contributed by atoms with Crippen LogP contribution in [0.25, 0.3) is 0 Å². The lowest BCUT2D eigenvalue weighted by atomic mass is 9.98. The van der Waals surface area contributed by atoms with E-state index in [1.807, 2.05) is 0 Å². The SMILES string of the molecule is O=C=NC1(c2ccc(O)cc2C(F)(F)F)CC1. The zero-order valence-corrected chi connectivity index (χ0v) is 8.58. The van der Waals surface area contributed by atoms with E-state index in [4.69, 9.17) is 5.11 Å². The number of hydrogen-bond donors (Lipinski definition) is 1. The van der Waals surface area contributed by atoms with Crippen LogP contribution in [-0.4, -0.2) is 11.2 Å². The molecule has 1 N–H and O–H groups in total. The molecular weight excluding hydrogens is 235 g/mol. The molecule has 1 aliphatic rings. The lowest BCUT2D eigenvalue weighted by molar-refractivity contribution is -0.138. The topological polar surface area (TPSA) is 49.7 Å². The summed E-state index contributed by atoms with van der Waals surface area (Å²) in [6, 6.07) is 2.96. The van der Waals surface area contributed by atoms with Crippen molar-refractivity contribution < 1.29 is 23.1 Å². The molecule has 17 heavy (non-hydrogen) atoms. The molecule has 0 unspecified atom stereocenters. The molecule has 1 aliphatic carbocycles. The fourth-order valence-corrected chi connectivity index (χ4v) is 1.82. The number of aliphatic imine (C=N–C) groups is 1. The van der Waals surface area contributed by atoms with E-state index in [-0.39, 0.29) is 5.56 Å². The Labute approximate surface area is 94.6 Å². The molecule has 0 aromatic heterocycles. The summed E-state index contributed by atoms with van der Waals surface area (Å²) in [4.78, 5) is 13.7. The Hall–Kier alpha value is -1.81. The second kappa shape index (κ2) is 3.60. The second-order valence-electron chi connectivity index (χ2n) is 3.96. The molecule has 2 rings (SSSR count). The third-order valence-corrected chi connectivity index (χ3v) is 2.79. The lowest BCUT2D eigenvalue weighted by Crippen LogP contribution is -2.14. The number of phenolic OH excluding ortho intramolecular Hbond substituents is 1. The van der Waals surface area contributed by atoms with Gasteiger partial charge in [0.1, 0.15) is 5.75 Å². The Morgan fingerprint density at radius 2 is 2.00 bits per heavy atom. The Kier molecular flexibility index (Phi) is 2.47. The fourth-order valence-electron chi connectivity index (χ4n) is 1.82. The highest BCUT2D eigenvalue weighted by atomic mass is 19.4. The van der Waals surface area contributed by atoms with Gasteiger partial charge < -0.3 is 5.11 Å². The van der Waals surface area contributed by atoms with Gasteiger partial charge in [0.2, 0.25) is 6.08 Å². The molecule has 3 nitrogen and oxygen atoms in total. The number of rotatable bonds is 2. The van der Waals surface area contributed by atoms with E-state index >= 15 is 0 Å². The highest BCUT2D eigenvalue weighted by Gasteiger charge is 2.50. The zero-order chi connectivity index (χ0) is 12.7. The maximum absolute atomic E-state index is 12.8. The molecule has 1 aromatic carbocycles. The highest BCUT2D eigenvalue weighted by Crippen LogP contribution is 2.53. The van der Waals surface area contributed by atoms with Crippen LogP contribution < -0.4 is 0 Å². The number of alkyl halides is 3. The van der Waals surface area contributed by atoms with Gasteiger partial charge in [-0.15, -0.1) is 0 Å². The summed E-state index contributed by atoms with van der Waals surface area (Å²) in [7, 11) is 0. The van der Waals surface area contributed by atoms with Gasteiger partial charge in [-0.2, -0.15) is 18.2 Å². The van der Waals surface area contributed by atoms with Crippen LogP contribution in [0.1, 0.15) is 24.0 Å². The predicted octanol–water partition coefficient (Wildman–Crippen LogP) is 2.74. The molecule has 0 atom stereocenters. The molecule has 6 heteroatoms. The standard InChI is InChI=1S/C11H8F3NO2/c12-11(13,14)9-5-7(17)1-2-8(9)10(3-4-10)15-6-16/h1-2,5,17H,3-4H2. The van der Waals surface area contributed by atoms with Crippen LogP contribution in [0.4, 0.5) is 13.2 Å². The minimum absolute atomic E-state index is 0.0776. The third-order valence-electron chi connectivity index (χ3n) is 2.79. The Morgan fingerprint density at radius 3 is 2.47 bits per heavy atom. The van der Waals surface area contributed by atoms with Gasteiger partial charge in [-0.25, -0.2) is 4.79 Å². The number of halogens is 3. The summed E-state index contributed by atoms with van der Waals surface area (Å²) in [5, 5.41) is 9.11. The minimum atomic E-state index is -4.58. The van der Waals surface area contributed by atoms with Crippen molar-refractivity contribution in [2.24, 2.45) is 4.99 Å². The first-order valence-electron chi connectivity index (χ1n) is 4.89. The van der Waals surface area contributed by atoms with Crippen molar-refractivity contribution in [1.29, 1.82) is 0 Å². The van der Waals surface area contributed by atoms with Crippen LogP contribution in [0.2, 0.25) is 0 Å². The molecule has 1 aromatic rings. The molecule has 0 aliphatic heterocycles. The molecule has 0 heterocycles. The maximum atomic E-state index is 12.8. The number of hydrogen-bond acceptors (Lipinski definition) is 3. The van der Waals surface area contributed by atoms with Gasteiger partial charge in [-0.3, -0.25) is 0 Å². The summed E-state index contributed by atoms with van der Waals surface area (Å²) in [5.74, 6) is -0.466. The summed E-state index contributed by atoms with van der Waals surface area (Å²) in [6.45, 7) is 0. The average Bonchev–Trinajstić information content (AvgIpc) is 2.98. The van der Waals surface area contributed by atoms with Crippen LogP contribution in [-0.2, 0) is 16.5 Å². The van der Waals surface area contributed by atoms with Gasteiger partial charge in [0.05, 0.1) is 11.1 Å². The largest absolute Gasteiger partial charge is 0.508 e. The first kappa shape index (κ1) is 11.7. The van der Waals surface area contributed by atoms with Crippen molar-refractivity contribution in [3.05, 3.63) is 29.3 Å². The van der Waals surface area contributed by atoms with E-state index in [9.17, 15) is 18.0 Å². The van der Waals surface area contributed by atoms with Gasteiger partial charge in [0.25, 0.3) is 0 Å². The summed E-state index contributed by atoms with van der Waals surface area (Å²) < 4.78 is 38.3. The summed E-state index contributed by atoms with van der Waals surface area (Å²) in [5.41, 5.74) is -2.12. The van der Waals surface area contributed by atoms with Gasteiger partial charge >= 0.3 is 6.18 Å². The molecule has 90 valence electrons. The van der Waals surface area contributed by atoms with Crippen molar-refractivity contribution in [2.75, 3.05) is 0 Å². The Morgan fingerprint density at radius 1 is 1.35 bits per heavy atom. The molecule has 0 saturated heterocycles. The van der Waals surface area contributed by atoms with Gasteiger partial charge in [0, 0.05) is 0 Å². The first-order valence-corrected chi connectivity index (χ1v) is 4.89.